The molecule has 1 heterocycles. The van der Waals surface area contributed by atoms with E-state index in [4.69, 9.17) is 0 Å². The molecule has 0 atom stereocenters. The van der Waals surface area contributed by atoms with Crippen LogP contribution in [0.4, 0.5) is 0 Å². The lowest BCUT2D eigenvalue weighted by Crippen LogP contribution is -2.27. The molecule has 0 spiro atoms. The van der Waals surface area contributed by atoms with Crippen molar-refractivity contribution in [2.24, 2.45) is 0 Å². The highest BCUT2D eigenvalue weighted by Crippen LogP contribution is 2.27. The minimum absolute atomic E-state index is 0.799. The van der Waals surface area contributed by atoms with E-state index in [1.807, 2.05) is 13.8 Å². The van der Waals surface area contributed by atoms with Crippen LogP contribution < -0.4 is 5.32 Å². The number of rotatable bonds is 2. The Kier molecular flexibility index (Phi) is 6.17. The fraction of sp³-hybridized carbons (Fsp3) is 0.600. The van der Waals surface area contributed by atoms with Crippen LogP contribution in [-0.2, 0) is 6.42 Å². The highest BCUT2D eigenvalue weighted by Gasteiger charge is 2.16. The minimum atomic E-state index is 0.799. The normalized spacial score (nSPS) is 16.4. The van der Waals surface area contributed by atoms with Crippen LogP contribution >= 0.6 is 0 Å². The van der Waals surface area contributed by atoms with Gasteiger partial charge in [0.15, 0.2) is 0 Å². The van der Waals surface area contributed by atoms with Gasteiger partial charge in [0.2, 0.25) is 0 Å². The topological polar surface area (TPSA) is 12.0 Å². The first-order valence-electron chi connectivity index (χ1n) is 6.70. The third-order valence-electron chi connectivity index (χ3n) is 3.21. The highest BCUT2D eigenvalue weighted by molar-refractivity contribution is 5.30. The van der Waals surface area contributed by atoms with Crippen molar-refractivity contribution >= 4 is 0 Å². The summed E-state index contributed by atoms with van der Waals surface area (Å²) in [5.41, 5.74) is 3.14. The Labute approximate surface area is 100 Å². The van der Waals surface area contributed by atoms with Gasteiger partial charge in [-0.3, -0.25) is 0 Å². The van der Waals surface area contributed by atoms with Crippen LogP contribution in [0, 0.1) is 0 Å². The number of benzene rings is 1. The first kappa shape index (κ1) is 13.2. The molecule has 1 aromatic rings. The molecule has 0 amide bonds. The summed E-state index contributed by atoms with van der Waals surface area (Å²) in [6.07, 6.45) is 3.77. The van der Waals surface area contributed by atoms with E-state index in [9.17, 15) is 0 Å². The van der Waals surface area contributed by atoms with Crippen LogP contribution in [0.25, 0.3) is 0 Å². The van der Waals surface area contributed by atoms with Gasteiger partial charge in [0, 0.05) is 0 Å². The molecule has 0 aromatic heterocycles. The summed E-state index contributed by atoms with van der Waals surface area (Å²) in [5.74, 6) is 0.799. The first-order chi connectivity index (χ1) is 7.92. The van der Waals surface area contributed by atoms with E-state index in [0.717, 1.165) is 5.92 Å². The average Bonchev–Trinajstić information content (AvgIpc) is 2.42. The summed E-state index contributed by atoms with van der Waals surface area (Å²) >= 11 is 0. The van der Waals surface area contributed by atoms with Crippen molar-refractivity contribution in [1.29, 1.82) is 0 Å². The lowest BCUT2D eigenvalue weighted by Gasteiger charge is -2.24. The number of hydrogen-bond acceptors (Lipinski definition) is 1. The fourth-order valence-corrected chi connectivity index (χ4v) is 2.39. The molecule has 0 bridgehead atoms. The van der Waals surface area contributed by atoms with Crippen molar-refractivity contribution in [3.05, 3.63) is 35.4 Å². The van der Waals surface area contributed by atoms with Gasteiger partial charge in [0.1, 0.15) is 0 Å². The molecule has 16 heavy (non-hydrogen) atoms. The van der Waals surface area contributed by atoms with Crippen LogP contribution in [-0.4, -0.2) is 13.1 Å². The van der Waals surface area contributed by atoms with Gasteiger partial charge in [-0.15, -0.1) is 0 Å². The fourth-order valence-electron chi connectivity index (χ4n) is 2.39. The second kappa shape index (κ2) is 7.45. The molecule has 0 aliphatic carbocycles. The molecule has 0 unspecified atom stereocenters. The van der Waals surface area contributed by atoms with Gasteiger partial charge >= 0.3 is 0 Å². The molecule has 0 radical (unpaired) electrons. The maximum absolute atomic E-state index is 3.42. The minimum Gasteiger partial charge on any atom is -0.317 e. The van der Waals surface area contributed by atoms with Gasteiger partial charge in [-0.2, -0.15) is 0 Å². The van der Waals surface area contributed by atoms with Crippen molar-refractivity contribution < 1.29 is 0 Å². The maximum Gasteiger partial charge on any atom is -0.00431 e. The predicted octanol–water partition coefficient (Wildman–Crippen LogP) is 3.74. The standard InChI is InChI=1S/C13H19N.C2H6/c1-2-11-5-3-4-6-13(11)12-7-9-14-10-8-12;1-2/h3-6,12,14H,2,7-10H2,1H3;1-2H3. The zero-order valence-corrected chi connectivity index (χ0v) is 10.9. The zero-order valence-electron chi connectivity index (χ0n) is 10.9. The SMILES string of the molecule is CC.CCc1ccccc1C1CCNCC1. The Morgan fingerprint density at radius 3 is 2.38 bits per heavy atom. The molecule has 1 aliphatic rings. The molecule has 90 valence electrons. The lowest BCUT2D eigenvalue weighted by atomic mass is 9.86. The third-order valence-corrected chi connectivity index (χ3v) is 3.21. The van der Waals surface area contributed by atoms with E-state index in [-0.39, 0.29) is 0 Å². The van der Waals surface area contributed by atoms with Gasteiger partial charge in [-0.25, -0.2) is 0 Å². The van der Waals surface area contributed by atoms with Gasteiger partial charge in [-0.05, 0) is 49.4 Å². The van der Waals surface area contributed by atoms with Crippen LogP contribution in [0.2, 0.25) is 0 Å². The van der Waals surface area contributed by atoms with Crippen molar-refractivity contribution in [1.82, 2.24) is 5.32 Å². The summed E-state index contributed by atoms with van der Waals surface area (Å²) in [7, 11) is 0. The van der Waals surface area contributed by atoms with Crippen molar-refractivity contribution in [2.75, 3.05) is 13.1 Å². The molecule has 1 aliphatic heterocycles. The summed E-state index contributed by atoms with van der Waals surface area (Å²) in [4.78, 5) is 0. The largest absolute Gasteiger partial charge is 0.317 e. The quantitative estimate of drug-likeness (QED) is 0.799. The van der Waals surface area contributed by atoms with Crippen LogP contribution in [0.3, 0.4) is 0 Å². The Bertz CT molecular complexity index is 287. The number of piperidine rings is 1. The molecule has 2 rings (SSSR count). The van der Waals surface area contributed by atoms with Crippen molar-refractivity contribution in [3.63, 3.8) is 0 Å². The second-order valence-corrected chi connectivity index (χ2v) is 4.08. The van der Waals surface area contributed by atoms with Gasteiger partial charge < -0.3 is 5.32 Å². The van der Waals surface area contributed by atoms with Crippen molar-refractivity contribution in [2.45, 2.75) is 46.0 Å². The highest BCUT2D eigenvalue weighted by atomic mass is 14.9. The molecule has 1 nitrogen and oxygen atoms in total. The van der Waals surface area contributed by atoms with Crippen LogP contribution in [0.15, 0.2) is 24.3 Å². The van der Waals surface area contributed by atoms with E-state index in [1.54, 1.807) is 11.1 Å². The van der Waals surface area contributed by atoms with Gasteiger partial charge in [0.05, 0.1) is 0 Å². The molecular formula is C15H25N. The molecule has 1 heteroatoms. The second-order valence-electron chi connectivity index (χ2n) is 4.08. The van der Waals surface area contributed by atoms with E-state index in [1.165, 1.54) is 32.4 Å². The molecular weight excluding hydrogens is 194 g/mol. The van der Waals surface area contributed by atoms with Crippen LogP contribution in [0.5, 0.6) is 0 Å². The summed E-state index contributed by atoms with van der Waals surface area (Å²) in [6.45, 7) is 8.62. The molecule has 1 fully saturated rings. The molecule has 0 saturated carbocycles. The van der Waals surface area contributed by atoms with Gasteiger partial charge in [0.25, 0.3) is 0 Å². The Morgan fingerprint density at radius 2 is 1.75 bits per heavy atom. The predicted molar refractivity (Wildman–Crippen MR) is 72.0 cm³/mol. The zero-order chi connectivity index (χ0) is 11.8. The maximum atomic E-state index is 3.42. The summed E-state index contributed by atoms with van der Waals surface area (Å²) in [6, 6.07) is 8.92. The monoisotopic (exact) mass is 219 g/mol. The molecule has 1 saturated heterocycles. The number of hydrogen-bond donors (Lipinski definition) is 1. The van der Waals surface area contributed by atoms with Gasteiger partial charge in [-0.1, -0.05) is 45.0 Å². The Morgan fingerprint density at radius 1 is 1.12 bits per heavy atom. The number of aryl methyl sites for hydroxylation is 1. The smallest absolute Gasteiger partial charge is 0.00431 e. The Hall–Kier alpha value is -0.820. The van der Waals surface area contributed by atoms with E-state index < -0.39 is 0 Å². The molecule has 1 N–H and O–H groups in total. The number of nitrogens with one attached hydrogen (secondary N) is 1. The van der Waals surface area contributed by atoms with E-state index in [2.05, 4.69) is 36.5 Å². The Balaban J connectivity index is 0.000000606. The van der Waals surface area contributed by atoms with Crippen LogP contribution in [0.1, 0.15) is 50.7 Å². The average molecular weight is 219 g/mol. The lowest BCUT2D eigenvalue weighted by molar-refractivity contribution is 0.458. The van der Waals surface area contributed by atoms with E-state index >= 15 is 0 Å². The third kappa shape index (κ3) is 3.34. The summed E-state index contributed by atoms with van der Waals surface area (Å²) in [5, 5.41) is 3.42. The summed E-state index contributed by atoms with van der Waals surface area (Å²) < 4.78 is 0. The van der Waals surface area contributed by atoms with Crippen molar-refractivity contribution in [3.8, 4) is 0 Å². The van der Waals surface area contributed by atoms with E-state index in [0.29, 0.717) is 0 Å². The first-order valence-corrected chi connectivity index (χ1v) is 6.70. The molecule has 1 aromatic carbocycles.